The Kier molecular flexibility index (Phi) is 3.38. The molecule has 0 saturated carbocycles. The number of benzene rings is 1. The van der Waals surface area contributed by atoms with Crippen LogP contribution in [0.4, 0.5) is 14.9 Å². The molecule has 0 saturated heterocycles. The Labute approximate surface area is 86.5 Å². The van der Waals surface area contributed by atoms with Gasteiger partial charge >= 0.3 is 6.03 Å². The lowest BCUT2D eigenvalue weighted by molar-refractivity contribution is 0.101. The van der Waals surface area contributed by atoms with Gasteiger partial charge in [0.2, 0.25) is 0 Å². The molecule has 0 spiro atoms. The van der Waals surface area contributed by atoms with Gasteiger partial charge in [-0.15, -0.1) is 0 Å². The summed E-state index contributed by atoms with van der Waals surface area (Å²) in [6, 6.07) is 3.41. The molecular weight excluding hydrogens is 199 g/mol. The molecule has 1 aromatic carbocycles. The van der Waals surface area contributed by atoms with Crippen LogP contribution in [0.5, 0.6) is 0 Å². The van der Waals surface area contributed by atoms with Gasteiger partial charge < -0.3 is 10.6 Å². The second-order valence-electron chi connectivity index (χ2n) is 2.95. The van der Waals surface area contributed by atoms with E-state index in [-0.39, 0.29) is 11.3 Å². The molecule has 0 fully saturated rings. The maximum Gasteiger partial charge on any atom is 0.318 e. The molecule has 0 heterocycles. The third kappa shape index (κ3) is 2.77. The lowest BCUT2D eigenvalue weighted by atomic mass is 10.1. The van der Waals surface area contributed by atoms with Gasteiger partial charge in [0.05, 0.1) is 5.56 Å². The fourth-order valence-electron chi connectivity index (χ4n) is 1.07. The third-order valence-electron chi connectivity index (χ3n) is 1.83. The summed E-state index contributed by atoms with van der Waals surface area (Å²) in [5, 5.41) is 4.79. The van der Waals surface area contributed by atoms with Gasteiger partial charge in [0.1, 0.15) is 5.82 Å². The topological polar surface area (TPSA) is 58.2 Å². The highest BCUT2D eigenvalue weighted by molar-refractivity contribution is 5.96. The molecular formula is C10H11FN2O2. The summed E-state index contributed by atoms with van der Waals surface area (Å²) in [6.07, 6.45) is 0. The van der Waals surface area contributed by atoms with Crippen molar-refractivity contribution in [3.05, 3.63) is 29.6 Å². The summed E-state index contributed by atoms with van der Waals surface area (Å²) in [5.74, 6) is -0.974. The van der Waals surface area contributed by atoms with Crippen molar-refractivity contribution in [2.75, 3.05) is 12.4 Å². The van der Waals surface area contributed by atoms with Crippen LogP contribution in [-0.4, -0.2) is 18.9 Å². The Bertz CT molecular complexity index is 404. The number of hydrogen-bond donors (Lipinski definition) is 2. The molecule has 0 atom stereocenters. The van der Waals surface area contributed by atoms with E-state index in [9.17, 15) is 14.0 Å². The van der Waals surface area contributed by atoms with E-state index in [2.05, 4.69) is 10.6 Å². The van der Waals surface area contributed by atoms with Crippen LogP contribution in [0.3, 0.4) is 0 Å². The number of ketones is 1. The number of nitrogens with one attached hydrogen (secondary N) is 2. The minimum absolute atomic E-state index is 0.0381. The molecule has 5 heteroatoms. The minimum atomic E-state index is -0.593. The van der Waals surface area contributed by atoms with Crippen LogP contribution in [0.15, 0.2) is 18.2 Å². The number of rotatable bonds is 2. The van der Waals surface area contributed by atoms with Crippen LogP contribution in [0.1, 0.15) is 17.3 Å². The standard InChI is InChI=1S/C10H11FN2O2/c1-6(14)8-5-7(3-4-9(8)11)13-10(15)12-2/h3-5H,1-2H3,(H2,12,13,15). The molecule has 2 N–H and O–H groups in total. The highest BCUT2D eigenvalue weighted by Crippen LogP contribution is 2.15. The number of hydrogen-bond acceptors (Lipinski definition) is 2. The van der Waals surface area contributed by atoms with Crippen molar-refractivity contribution in [1.82, 2.24) is 5.32 Å². The summed E-state index contributed by atoms with van der Waals surface area (Å²) in [7, 11) is 1.46. The van der Waals surface area contributed by atoms with Gasteiger partial charge in [0.25, 0.3) is 0 Å². The summed E-state index contributed by atoms with van der Waals surface area (Å²) in [6.45, 7) is 1.27. The Morgan fingerprint density at radius 3 is 2.53 bits per heavy atom. The van der Waals surface area contributed by atoms with Crippen LogP contribution in [-0.2, 0) is 0 Å². The van der Waals surface area contributed by atoms with E-state index in [1.807, 2.05) is 0 Å². The molecule has 0 aliphatic rings. The number of carbonyl (C=O) groups is 2. The zero-order valence-corrected chi connectivity index (χ0v) is 8.43. The third-order valence-corrected chi connectivity index (χ3v) is 1.83. The van der Waals surface area contributed by atoms with Crippen molar-refractivity contribution < 1.29 is 14.0 Å². The van der Waals surface area contributed by atoms with Gasteiger partial charge in [0, 0.05) is 12.7 Å². The first-order chi connectivity index (χ1) is 7.04. The predicted octanol–water partition coefficient (Wildman–Crippen LogP) is 1.78. The van der Waals surface area contributed by atoms with Crippen molar-refractivity contribution in [2.24, 2.45) is 0 Å². The zero-order valence-electron chi connectivity index (χ0n) is 8.43. The highest BCUT2D eigenvalue weighted by Gasteiger charge is 2.08. The zero-order chi connectivity index (χ0) is 11.4. The van der Waals surface area contributed by atoms with E-state index in [1.165, 1.54) is 26.1 Å². The quantitative estimate of drug-likeness (QED) is 0.731. The van der Waals surface area contributed by atoms with E-state index in [4.69, 9.17) is 0 Å². The predicted molar refractivity (Wildman–Crippen MR) is 54.5 cm³/mol. The van der Waals surface area contributed by atoms with E-state index in [1.54, 1.807) is 0 Å². The van der Waals surface area contributed by atoms with Crippen molar-refractivity contribution in [2.45, 2.75) is 6.92 Å². The average molecular weight is 210 g/mol. The van der Waals surface area contributed by atoms with Crippen molar-refractivity contribution >= 4 is 17.5 Å². The second kappa shape index (κ2) is 4.54. The lowest BCUT2D eigenvalue weighted by Gasteiger charge is -2.06. The molecule has 80 valence electrons. The summed E-state index contributed by atoms with van der Waals surface area (Å²) in [4.78, 5) is 22.0. The van der Waals surface area contributed by atoms with Gasteiger partial charge in [-0.05, 0) is 25.1 Å². The van der Waals surface area contributed by atoms with Crippen LogP contribution in [0, 0.1) is 5.82 Å². The maximum absolute atomic E-state index is 13.1. The molecule has 0 unspecified atom stereocenters. The van der Waals surface area contributed by atoms with Gasteiger partial charge in [-0.25, -0.2) is 9.18 Å². The smallest absolute Gasteiger partial charge is 0.318 e. The fraction of sp³-hybridized carbons (Fsp3) is 0.200. The first-order valence-electron chi connectivity index (χ1n) is 4.34. The largest absolute Gasteiger partial charge is 0.341 e. The minimum Gasteiger partial charge on any atom is -0.341 e. The van der Waals surface area contributed by atoms with E-state index >= 15 is 0 Å². The molecule has 0 aromatic heterocycles. The van der Waals surface area contributed by atoms with Crippen molar-refractivity contribution in [3.8, 4) is 0 Å². The van der Waals surface area contributed by atoms with Crippen LogP contribution in [0.2, 0.25) is 0 Å². The molecule has 0 radical (unpaired) electrons. The normalized spacial score (nSPS) is 9.53. The van der Waals surface area contributed by atoms with Gasteiger partial charge in [-0.2, -0.15) is 0 Å². The Morgan fingerprint density at radius 2 is 2.00 bits per heavy atom. The first-order valence-corrected chi connectivity index (χ1v) is 4.34. The molecule has 1 aromatic rings. The van der Waals surface area contributed by atoms with Crippen molar-refractivity contribution in [3.63, 3.8) is 0 Å². The monoisotopic (exact) mass is 210 g/mol. The average Bonchev–Trinajstić information content (AvgIpc) is 2.20. The summed E-state index contributed by atoms with van der Waals surface area (Å²) >= 11 is 0. The number of anilines is 1. The number of carbonyl (C=O) groups excluding carboxylic acids is 2. The van der Waals surface area contributed by atoms with Crippen LogP contribution >= 0.6 is 0 Å². The molecule has 2 amide bonds. The van der Waals surface area contributed by atoms with Gasteiger partial charge in [-0.1, -0.05) is 0 Å². The number of urea groups is 1. The number of Topliss-reactive ketones (excluding diaryl/α,β-unsaturated/α-hetero) is 1. The number of halogens is 1. The van der Waals surface area contributed by atoms with E-state index < -0.39 is 11.8 Å². The first kappa shape index (κ1) is 11.2. The molecule has 0 aliphatic heterocycles. The Hall–Kier alpha value is -1.91. The van der Waals surface area contributed by atoms with E-state index in [0.717, 1.165) is 6.07 Å². The maximum atomic E-state index is 13.1. The molecule has 15 heavy (non-hydrogen) atoms. The molecule has 0 bridgehead atoms. The molecule has 0 aliphatic carbocycles. The second-order valence-corrected chi connectivity index (χ2v) is 2.95. The van der Waals surface area contributed by atoms with Crippen LogP contribution < -0.4 is 10.6 Å². The van der Waals surface area contributed by atoms with E-state index in [0.29, 0.717) is 5.69 Å². The number of amides is 2. The Balaban J connectivity index is 2.97. The highest BCUT2D eigenvalue weighted by atomic mass is 19.1. The lowest BCUT2D eigenvalue weighted by Crippen LogP contribution is -2.24. The summed E-state index contributed by atoms with van der Waals surface area (Å²) in [5.41, 5.74) is 0.338. The van der Waals surface area contributed by atoms with Crippen LogP contribution in [0.25, 0.3) is 0 Å². The van der Waals surface area contributed by atoms with Crippen molar-refractivity contribution in [1.29, 1.82) is 0 Å². The fourth-order valence-corrected chi connectivity index (χ4v) is 1.07. The van der Waals surface area contributed by atoms with Gasteiger partial charge in [-0.3, -0.25) is 4.79 Å². The Morgan fingerprint density at radius 1 is 1.33 bits per heavy atom. The summed E-state index contributed by atoms with van der Waals surface area (Å²) < 4.78 is 13.1. The SMILES string of the molecule is CNC(=O)Nc1ccc(F)c(C(C)=O)c1. The molecule has 4 nitrogen and oxygen atoms in total. The molecule has 1 rings (SSSR count). The van der Waals surface area contributed by atoms with Gasteiger partial charge in [0.15, 0.2) is 5.78 Å².